The fourth-order valence-electron chi connectivity index (χ4n) is 2.26. The molecule has 2 N–H and O–H groups in total. The standard InChI is InChI=1S/C13H18N4O4/c1-13(4-3-5-21-13)8-16-12(18)10-6-9(17(19)20)7-15-11(10)14-2/h6-7H,3-5,8H2,1-2H3,(H,14,15)(H,16,18). The summed E-state index contributed by atoms with van der Waals surface area (Å²) in [5, 5.41) is 16.3. The molecule has 1 saturated heterocycles. The fraction of sp³-hybridized carbons (Fsp3) is 0.538. The van der Waals surface area contributed by atoms with Crippen LogP contribution in [0.1, 0.15) is 30.1 Å². The number of nitrogens with zero attached hydrogens (tertiary/aromatic N) is 2. The zero-order chi connectivity index (χ0) is 15.5. The minimum atomic E-state index is -0.579. The monoisotopic (exact) mass is 294 g/mol. The van der Waals surface area contributed by atoms with Crippen molar-refractivity contribution in [1.29, 1.82) is 0 Å². The molecule has 0 spiro atoms. The Morgan fingerprint density at radius 2 is 2.38 bits per heavy atom. The highest BCUT2D eigenvalue weighted by atomic mass is 16.6. The summed E-state index contributed by atoms with van der Waals surface area (Å²) >= 11 is 0. The van der Waals surface area contributed by atoms with Crippen LogP contribution >= 0.6 is 0 Å². The Bertz CT molecular complexity index is 555. The molecule has 8 nitrogen and oxygen atoms in total. The second-order valence-electron chi connectivity index (χ2n) is 5.18. The number of ether oxygens (including phenoxy) is 1. The van der Waals surface area contributed by atoms with Crippen molar-refractivity contribution < 1.29 is 14.5 Å². The molecule has 8 heteroatoms. The third-order valence-corrected chi connectivity index (χ3v) is 3.49. The van der Waals surface area contributed by atoms with Gasteiger partial charge in [-0.25, -0.2) is 4.98 Å². The summed E-state index contributed by atoms with van der Waals surface area (Å²) < 4.78 is 5.59. The van der Waals surface area contributed by atoms with Crippen molar-refractivity contribution in [2.45, 2.75) is 25.4 Å². The number of carbonyl (C=O) groups is 1. The number of nitrogens with one attached hydrogen (secondary N) is 2. The topological polar surface area (TPSA) is 106 Å². The lowest BCUT2D eigenvalue weighted by Gasteiger charge is -2.23. The van der Waals surface area contributed by atoms with Crippen molar-refractivity contribution in [2.75, 3.05) is 25.5 Å². The second-order valence-corrected chi connectivity index (χ2v) is 5.18. The number of anilines is 1. The molecular formula is C13H18N4O4. The molecule has 1 unspecified atom stereocenters. The Labute approximate surface area is 122 Å². The molecule has 0 aromatic carbocycles. The number of carbonyl (C=O) groups excluding carboxylic acids is 1. The largest absolute Gasteiger partial charge is 0.373 e. The van der Waals surface area contributed by atoms with Gasteiger partial charge in [-0.2, -0.15) is 0 Å². The average Bonchev–Trinajstić information content (AvgIpc) is 2.91. The van der Waals surface area contributed by atoms with Gasteiger partial charge in [-0.05, 0) is 19.8 Å². The Morgan fingerprint density at radius 1 is 1.62 bits per heavy atom. The average molecular weight is 294 g/mol. The van der Waals surface area contributed by atoms with Crippen LogP contribution in [-0.2, 0) is 4.74 Å². The smallest absolute Gasteiger partial charge is 0.288 e. The molecule has 1 aromatic heterocycles. The van der Waals surface area contributed by atoms with Crippen LogP contribution in [0.15, 0.2) is 12.3 Å². The van der Waals surface area contributed by atoms with Crippen LogP contribution < -0.4 is 10.6 Å². The van der Waals surface area contributed by atoms with Gasteiger partial charge >= 0.3 is 0 Å². The van der Waals surface area contributed by atoms with Crippen LogP contribution in [0, 0.1) is 10.1 Å². The van der Waals surface area contributed by atoms with Gasteiger partial charge in [-0.1, -0.05) is 0 Å². The van der Waals surface area contributed by atoms with Gasteiger partial charge in [0, 0.05) is 26.3 Å². The molecule has 114 valence electrons. The highest BCUT2D eigenvalue weighted by Crippen LogP contribution is 2.24. The molecule has 1 amide bonds. The van der Waals surface area contributed by atoms with E-state index in [1.165, 1.54) is 6.07 Å². The van der Waals surface area contributed by atoms with E-state index in [4.69, 9.17) is 4.74 Å². The number of aromatic nitrogens is 1. The third-order valence-electron chi connectivity index (χ3n) is 3.49. The van der Waals surface area contributed by atoms with Gasteiger partial charge in [0.25, 0.3) is 11.6 Å². The Hall–Kier alpha value is -2.22. The molecule has 2 rings (SSSR count). The van der Waals surface area contributed by atoms with Crippen molar-refractivity contribution >= 4 is 17.4 Å². The zero-order valence-corrected chi connectivity index (χ0v) is 12.0. The molecule has 21 heavy (non-hydrogen) atoms. The maximum absolute atomic E-state index is 12.2. The molecule has 0 radical (unpaired) electrons. The van der Waals surface area contributed by atoms with Crippen LogP contribution in [0.4, 0.5) is 11.5 Å². The molecule has 1 atom stereocenters. The van der Waals surface area contributed by atoms with E-state index in [1.807, 2.05) is 6.92 Å². The Morgan fingerprint density at radius 3 is 2.95 bits per heavy atom. The lowest BCUT2D eigenvalue weighted by atomic mass is 10.0. The Kier molecular flexibility index (Phi) is 4.37. The van der Waals surface area contributed by atoms with E-state index >= 15 is 0 Å². The minimum absolute atomic E-state index is 0.147. The van der Waals surface area contributed by atoms with Crippen LogP contribution in [0.5, 0.6) is 0 Å². The van der Waals surface area contributed by atoms with E-state index in [9.17, 15) is 14.9 Å². The van der Waals surface area contributed by atoms with Crippen LogP contribution in [0.3, 0.4) is 0 Å². The first-order valence-electron chi connectivity index (χ1n) is 6.69. The highest BCUT2D eigenvalue weighted by molar-refractivity contribution is 5.99. The van der Waals surface area contributed by atoms with Gasteiger partial charge in [0.15, 0.2) is 0 Å². The molecule has 1 aliphatic rings. The molecule has 0 bridgehead atoms. The third kappa shape index (κ3) is 3.46. The molecule has 1 fully saturated rings. The molecule has 2 heterocycles. The van der Waals surface area contributed by atoms with Crippen LogP contribution in [0.2, 0.25) is 0 Å². The molecule has 1 aromatic rings. The van der Waals surface area contributed by atoms with Gasteiger partial charge in [0.2, 0.25) is 0 Å². The first-order valence-corrected chi connectivity index (χ1v) is 6.69. The summed E-state index contributed by atoms with van der Waals surface area (Å²) in [4.78, 5) is 26.3. The number of rotatable bonds is 5. The highest BCUT2D eigenvalue weighted by Gasteiger charge is 2.30. The SMILES string of the molecule is CNc1ncc([N+](=O)[O-])cc1C(=O)NCC1(C)CCCO1. The van der Waals surface area contributed by atoms with Gasteiger partial charge in [-0.3, -0.25) is 14.9 Å². The lowest BCUT2D eigenvalue weighted by Crippen LogP contribution is -2.40. The van der Waals surface area contributed by atoms with Gasteiger partial charge in [0.05, 0.1) is 16.1 Å². The first kappa shape index (κ1) is 15.2. The predicted molar refractivity (Wildman–Crippen MR) is 76.4 cm³/mol. The maximum atomic E-state index is 12.2. The summed E-state index contributed by atoms with van der Waals surface area (Å²) in [5.74, 6) is -0.108. The van der Waals surface area contributed by atoms with Crippen molar-refractivity contribution in [1.82, 2.24) is 10.3 Å². The van der Waals surface area contributed by atoms with Crippen molar-refractivity contribution in [3.05, 3.63) is 27.9 Å². The van der Waals surface area contributed by atoms with Crippen LogP contribution in [-0.4, -0.2) is 41.6 Å². The van der Waals surface area contributed by atoms with Crippen LogP contribution in [0.25, 0.3) is 0 Å². The Balaban J connectivity index is 2.13. The fourth-order valence-corrected chi connectivity index (χ4v) is 2.26. The van der Waals surface area contributed by atoms with E-state index in [-0.39, 0.29) is 16.9 Å². The number of nitro groups is 1. The predicted octanol–water partition coefficient (Wildman–Crippen LogP) is 1.33. The number of amides is 1. The quantitative estimate of drug-likeness (QED) is 0.626. The van der Waals surface area contributed by atoms with E-state index in [0.29, 0.717) is 19.0 Å². The van der Waals surface area contributed by atoms with E-state index in [2.05, 4.69) is 15.6 Å². The zero-order valence-electron chi connectivity index (χ0n) is 12.0. The van der Waals surface area contributed by atoms with Crippen molar-refractivity contribution in [2.24, 2.45) is 0 Å². The summed E-state index contributed by atoms with van der Waals surface area (Å²) in [6.45, 7) is 2.98. The minimum Gasteiger partial charge on any atom is -0.373 e. The molecular weight excluding hydrogens is 276 g/mol. The van der Waals surface area contributed by atoms with Crippen molar-refractivity contribution in [3.8, 4) is 0 Å². The maximum Gasteiger partial charge on any atom is 0.288 e. The molecule has 1 aliphatic heterocycles. The number of pyridine rings is 1. The summed E-state index contributed by atoms with van der Waals surface area (Å²) in [7, 11) is 1.60. The summed E-state index contributed by atoms with van der Waals surface area (Å²) in [5.41, 5.74) is -0.445. The summed E-state index contributed by atoms with van der Waals surface area (Å²) in [6, 6.07) is 1.21. The van der Waals surface area contributed by atoms with Gasteiger partial charge in [0.1, 0.15) is 12.0 Å². The molecule has 0 saturated carbocycles. The van der Waals surface area contributed by atoms with Crippen molar-refractivity contribution in [3.63, 3.8) is 0 Å². The van der Waals surface area contributed by atoms with Gasteiger partial charge in [-0.15, -0.1) is 0 Å². The molecule has 0 aliphatic carbocycles. The lowest BCUT2D eigenvalue weighted by molar-refractivity contribution is -0.385. The second kappa shape index (κ2) is 6.04. The number of hydrogen-bond donors (Lipinski definition) is 2. The van der Waals surface area contributed by atoms with E-state index in [1.54, 1.807) is 7.05 Å². The van der Waals surface area contributed by atoms with Gasteiger partial charge < -0.3 is 15.4 Å². The van der Waals surface area contributed by atoms with E-state index < -0.39 is 10.8 Å². The summed E-state index contributed by atoms with van der Waals surface area (Å²) in [6.07, 6.45) is 2.95. The first-order chi connectivity index (χ1) is 9.95. The van der Waals surface area contributed by atoms with E-state index in [0.717, 1.165) is 19.0 Å². The number of hydrogen-bond acceptors (Lipinski definition) is 6. The normalized spacial score (nSPS) is 21.0.